The number of rotatable bonds is 26. The molecular formula is C45H60FN6O8P. The molecule has 4 aromatic rings. The zero-order chi connectivity index (χ0) is 43.7. The Balaban J connectivity index is 1.41. The molecule has 0 aliphatic carbocycles. The lowest BCUT2D eigenvalue weighted by Crippen LogP contribution is -2.46. The first kappa shape index (κ1) is 47.2. The molecule has 61 heavy (non-hydrogen) atoms. The van der Waals surface area contributed by atoms with Crippen LogP contribution in [0.3, 0.4) is 0 Å². The lowest BCUT2D eigenvalue weighted by molar-refractivity contribution is -0.158. The van der Waals surface area contributed by atoms with Gasteiger partial charge in [0.1, 0.15) is 30.7 Å². The fraction of sp³-hybridized carbons (Fsp3) is 0.533. The zero-order valence-corrected chi connectivity index (χ0v) is 36.4. The number of carbonyl (C=O) groups excluding carboxylic acids is 2. The summed E-state index contributed by atoms with van der Waals surface area (Å²) in [5.74, 6) is 1.60. The van der Waals surface area contributed by atoms with Gasteiger partial charge in [-0.3, -0.25) is 18.7 Å². The number of nitrogens with one attached hydrogen (secondary N) is 1. The molecule has 0 radical (unpaired) electrons. The Bertz CT molecular complexity index is 2080. The zero-order valence-electron chi connectivity index (χ0n) is 35.5. The molecule has 14 nitrogen and oxygen atoms in total. The molecule has 0 spiro atoms. The molecule has 5 rings (SSSR count). The van der Waals surface area contributed by atoms with Gasteiger partial charge in [0.2, 0.25) is 0 Å². The van der Waals surface area contributed by atoms with Crippen LogP contribution in [0.15, 0.2) is 67.0 Å². The summed E-state index contributed by atoms with van der Waals surface area (Å²) < 4.78 is 61.5. The molecule has 3 heterocycles. The number of nitrogen functional groups attached to an aromatic ring is 1. The van der Waals surface area contributed by atoms with Crippen LogP contribution in [-0.2, 0) is 39.3 Å². The number of imidazole rings is 1. The Morgan fingerprint density at radius 3 is 2.31 bits per heavy atom. The summed E-state index contributed by atoms with van der Waals surface area (Å²) in [4.78, 5) is 39.0. The van der Waals surface area contributed by atoms with Crippen LogP contribution in [-0.4, -0.2) is 62.4 Å². The number of terminal acetylenes is 1. The second kappa shape index (κ2) is 23.4. The van der Waals surface area contributed by atoms with E-state index in [0.29, 0.717) is 6.42 Å². The molecule has 5 atom stereocenters. The van der Waals surface area contributed by atoms with Crippen LogP contribution < -0.4 is 15.3 Å². The third kappa shape index (κ3) is 13.6. The molecule has 330 valence electrons. The van der Waals surface area contributed by atoms with E-state index in [9.17, 15) is 14.0 Å². The summed E-state index contributed by atoms with van der Waals surface area (Å²) in [5, 5.41) is 2.86. The summed E-state index contributed by atoms with van der Waals surface area (Å²) >= 11 is 0. The number of carbonyl (C=O) groups is 2. The SMILES string of the molecule is C#CC1(CO[P@@](=O)(NC(Cc2ccccc2)C(=O)OCC(CC)CC)Oc2ccccc2)OC(n2cnc3c(N)nc(F)nc32)CC1OC(=O)CCCCCCCCCCC. The van der Waals surface area contributed by atoms with Crippen molar-refractivity contribution in [2.75, 3.05) is 18.9 Å². The van der Waals surface area contributed by atoms with E-state index in [1.54, 1.807) is 30.3 Å². The van der Waals surface area contributed by atoms with Crippen LogP contribution in [0.5, 0.6) is 5.75 Å². The smallest absolute Gasteiger partial charge is 0.459 e. The Kier molecular flexibility index (Phi) is 18.1. The Morgan fingerprint density at radius 2 is 1.66 bits per heavy atom. The maximum atomic E-state index is 15.1. The molecule has 0 amide bonds. The topological polar surface area (TPSA) is 179 Å². The number of hydrogen-bond donors (Lipinski definition) is 2. The van der Waals surface area contributed by atoms with E-state index in [2.05, 4.69) is 32.9 Å². The lowest BCUT2D eigenvalue weighted by atomic mass is 9.98. The number of benzene rings is 2. The van der Waals surface area contributed by atoms with Crippen LogP contribution in [0.4, 0.5) is 10.2 Å². The van der Waals surface area contributed by atoms with Crippen LogP contribution in [0.1, 0.15) is 116 Å². The average molecular weight is 863 g/mol. The van der Waals surface area contributed by atoms with Gasteiger partial charge in [0, 0.05) is 12.8 Å². The van der Waals surface area contributed by atoms with Gasteiger partial charge in [0.25, 0.3) is 0 Å². The largest absolute Gasteiger partial charge is 0.464 e. The molecule has 1 aliphatic heterocycles. The van der Waals surface area contributed by atoms with Gasteiger partial charge >= 0.3 is 25.8 Å². The molecule has 0 saturated carbocycles. The number of hydrogen-bond acceptors (Lipinski definition) is 12. The third-order valence-corrected chi connectivity index (χ3v) is 12.5. The molecule has 2 aromatic heterocycles. The summed E-state index contributed by atoms with van der Waals surface area (Å²) in [6, 6.07) is 16.3. The first-order valence-corrected chi connectivity index (χ1v) is 23.0. The van der Waals surface area contributed by atoms with E-state index < -0.39 is 56.3 Å². The second-order valence-corrected chi connectivity index (χ2v) is 17.2. The van der Waals surface area contributed by atoms with Gasteiger partial charge in [-0.15, -0.1) is 6.42 Å². The maximum absolute atomic E-state index is 15.1. The number of halogens is 1. The van der Waals surface area contributed by atoms with Crippen molar-refractivity contribution < 1.29 is 41.8 Å². The van der Waals surface area contributed by atoms with Gasteiger partial charge in [0.05, 0.1) is 12.9 Å². The summed E-state index contributed by atoms with van der Waals surface area (Å²) in [7, 11) is -4.56. The summed E-state index contributed by atoms with van der Waals surface area (Å²) in [6.45, 7) is 5.78. The van der Waals surface area contributed by atoms with Crippen molar-refractivity contribution in [2.24, 2.45) is 5.92 Å². The Hall–Kier alpha value is -4.87. The number of esters is 2. The fourth-order valence-electron chi connectivity index (χ4n) is 7.21. The number of unbranched alkanes of at least 4 members (excludes halogenated alkanes) is 8. The summed E-state index contributed by atoms with van der Waals surface area (Å²) in [6.07, 6.45) is 15.8. The van der Waals surface area contributed by atoms with Crippen molar-refractivity contribution in [2.45, 2.75) is 135 Å². The van der Waals surface area contributed by atoms with Crippen molar-refractivity contribution in [3.8, 4) is 18.1 Å². The number of aromatic nitrogens is 4. The number of anilines is 1. The minimum atomic E-state index is -4.56. The van der Waals surface area contributed by atoms with E-state index in [4.69, 9.17) is 35.4 Å². The Morgan fingerprint density at radius 1 is 1.00 bits per heavy atom. The van der Waals surface area contributed by atoms with Crippen molar-refractivity contribution in [1.82, 2.24) is 24.6 Å². The number of ether oxygens (including phenoxy) is 3. The number of nitrogens with zero attached hydrogens (tertiary/aromatic N) is 4. The van der Waals surface area contributed by atoms with Crippen LogP contribution in [0, 0.1) is 24.3 Å². The highest BCUT2D eigenvalue weighted by molar-refractivity contribution is 7.52. The van der Waals surface area contributed by atoms with Crippen molar-refractivity contribution in [3.63, 3.8) is 0 Å². The third-order valence-electron chi connectivity index (χ3n) is 10.9. The summed E-state index contributed by atoms with van der Waals surface area (Å²) in [5.41, 5.74) is 5.00. The van der Waals surface area contributed by atoms with Gasteiger partial charge in [0.15, 0.2) is 22.6 Å². The highest BCUT2D eigenvalue weighted by Gasteiger charge is 2.53. The average Bonchev–Trinajstić information content (AvgIpc) is 3.85. The van der Waals surface area contributed by atoms with Gasteiger partial charge in [-0.05, 0) is 36.5 Å². The molecule has 4 unspecified atom stereocenters. The van der Waals surface area contributed by atoms with Crippen LogP contribution in [0.2, 0.25) is 0 Å². The first-order valence-electron chi connectivity index (χ1n) is 21.5. The van der Waals surface area contributed by atoms with Gasteiger partial charge < -0.3 is 24.5 Å². The van der Waals surface area contributed by atoms with Crippen molar-refractivity contribution in [1.29, 1.82) is 0 Å². The highest BCUT2D eigenvalue weighted by atomic mass is 31.2. The second-order valence-electron chi connectivity index (χ2n) is 15.5. The fourth-order valence-corrected chi connectivity index (χ4v) is 8.73. The van der Waals surface area contributed by atoms with E-state index in [1.165, 1.54) is 43.0 Å². The molecular weight excluding hydrogens is 803 g/mol. The standard InChI is InChI=1S/C45H60FN6O8P/c1-5-9-10-11-12-13-14-15-22-27-39(53)58-37-29-38(52-32-48-40-41(47)49-44(46)50-42(40)52)59-45(37,8-4)31-57-61(55,60-35-25-20-17-21-26-35)51-36(28-34-23-18-16-19-24-34)43(54)56-30-33(6-2)7-3/h4,16-21,23-26,32-33,36-38H,5-7,9-15,22,27-31H2,1-3H3,(H,51,55)(H2,47,49,50)/t36?,37?,38?,45?,61-/m0/s1. The van der Waals surface area contributed by atoms with E-state index in [0.717, 1.165) is 37.7 Å². The number of fused-ring (bicyclic) bond motifs is 1. The highest BCUT2D eigenvalue weighted by Crippen LogP contribution is 2.49. The van der Waals surface area contributed by atoms with Crippen LogP contribution in [0.25, 0.3) is 11.2 Å². The van der Waals surface area contributed by atoms with Crippen LogP contribution >= 0.6 is 7.75 Å². The monoisotopic (exact) mass is 862 g/mol. The quantitative estimate of drug-likeness (QED) is 0.0201. The molecule has 1 fully saturated rings. The van der Waals surface area contributed by atoms with Crippen molar-refractivity contribution in [3.05, 3.63) is 78.6 Å². The molecule has 2 aromatic carbocycles. The van der Waals surface area contributed by atoms with Gasteiger partial charge in [-0.25, -0.2) is 9.55 Å². The predicted molar refractivity (Wildman–Crippen MR) is 230 cm³/mol. The van der Waals surface area contributed by atoms with Gasteiger partial charge in [-0.2, -0.15) is 19.4 Å². The molecule has 1 aliphatic rings. The van der Waals surface area contributed by atoms with Gasteiger partial charge in [-0.1, -0.05) is 139 Å². The van der Waals surface area contributed by atoms with E-state index in [1.807, 2.05) is 44.2 Å². The number of para-hydroxylation sites is 1. The molecule has 0 bridgehead atoms. The first-order chi connectivity index (χ1) is 29.5. The minimum absolute atomic E-state index is 0.0268. The normalized spacial score (nSPS) is 19.0. The van der Waals surface area contributed by atoms with E-state index in [-0.39, 0.29) is 54.5 Å². The Labute approximate surface area is 358 Å². The maximum Gasteiger partial charge on any atom is 0.459 e. The molecule has 1 saturated heterocycles. The minimum Gasteiger partial charge on any atom is -0.464 e. The van der Waals surface area contributed by atoms with Crippen molar-refractivity contribution >= 4 is 36.7 Å². The van der Waals surface area contributed by atoms with E-state index >= 15 is 4.57 Å². The predicted octanol–water partition coefficient (Wildman–Crippen LogP) is 9.06. The lowest BCUT2D eigenvalue weighted by Gasteiger charge is -2.31. The molecule has 3 N–H and O–H groups in total. The molecule has 16 heteroatoms. The number of nitrogens with two attached hydrogens (primary N) is 1.